The monoisotopic (exact) mass is 313 g/mol. The van der Waals surface area contributed by atoms with E-state index in [1.54, 1.807) is 13.4 Å². The van der Waals surface area contributed by atoms with Crippen molar-refractivity contribution in [2.45, 2.75) is 32.6 Å². The van der Waals surface area contributed by atoms with Gasteiger partial charge in [0.2, 0.25) is 5.88 Å². The predicted octanol–water partition coefficient (Wildman–Crippen LogP) is 3.04. The molecule has 0 radical (unpaired) electrons. The lowest BCUT2D eigenvalue weighted by Gasteiger charge is -2.12. The van der Waals surface area contributed by atoms with Crippen LogP contribution in [0.15, 0.2) is 18.5 Å². The average molecular weight is 313 g/mol. The number of rotatable bonds is 7. The van der Waals surface area contributed by atoms with E-state index in [0.717, 1.165) is 30.1 Å². The Morgan fingerprint density at radius 3 is 2.83 bits per heavy atom. The highest BCUT2D eigenvalue weighted by Crippen LogP contribution is 2.34. The van der Waals surface area contributed by atoms with Gasteiger partial charge in [0.1, 0.15) is 17.7 Å². The summed E-state index contributed by atoms with van der Waals surface area (Å²) in [4.78, 5) is 13.0. The molecule has 0 spiro atoms. The number of pyridine rings is 1. The molecule has 0 aromatic carbocycles. The molecule has 1 saturated carbocycles. The average Bonchev–Trinajstić information content (AvgIpc) is 3.37. The first-order chi connectivity index (χ1) is 11.2. The number of ether oxygens (including phenoxy) is 1. The number of nitrogens with two attached hydrogens (primary N) is 1. The lowest BCUT2D eigenvalue weighted by Crippen LogP contribution is -2.08. The molecule has 0 aliphatic heterocycles. The molecule has 3 N–H and O–H groups in total. The van der Waals surface area contributed by atoms with E-state index in [0.29, 0.717) is 23.1 Å². The van der Waals surface area contributed by atoms with Crippen LogP contribution in [0.3, 0.4) is 0 Å². The molecule has 1 aliphatic carbocycles. The van der Waals surface area contributed by atoms with E-state index in [1.807, 2.05) is 19.1 Å². The molecule has 1 aliphatic rings. The Morgan fingerprint density at radius 2 is 2.13 bits per heavy atom. The SMILES string of the molecule is COc1ccc(-c2ncnc(NCCCC3CC3)c2N)c(C)n1. The van der Waals surface area contributed by atoms with Crippen LogP contribution in [0.1, 0.15) is 31.4 Å². The Labute approximate surface area is 136 Å². The van der Waals surface area contributed by atoms with Gasteiger partial charge >= 0.3 is 0 Å². The smallest absolute Gasteiger partial charge is 0.213 e. The minimum atomic E-state index is 0.564. The Balaban J connectivity index is 1.75. The Hall–Kier alpha value is -2.37. The van der Waals surface area contributed by atoms with Crippen LogP contribution in [-0.2, 0) is 0 Å². The fourth-order valence-electron chi connectivity index (χ4n) is 2.66. The van der Waals surface area contributed by atoms with Gasteiger partial charge in [-0.2, -0.15) is 0 Å². The van der Waals surface area contributed by atoms with Crippen LogP contribution in [0.4, 0.5) is 11.5 Å². The zero-order chi connectivity index (χ0) is 16.2. The summed E-state index contributed by atoms with van der Waals surface area (Å²) in [7, 11) is 1.60. The number of aromatic nitrogens is 3. The molecule has 0 saturated heterocycles. The summed E-state index contributed by atoms with van der Waals surface area (Å²) < 4.78 is 5.14. The number of nitrogens with one attached hydrogen (secondary N) is 1. The van der Waals surface area contributed by atoms with Crippen molar-refractivity contribution in [2.75, 3.05) is 24.7 Å². The van der Waals surface area contributed by atoms with E-state index < -0.39 is 0 Å². The second-order valence-corrected chi connectivity index (χ2v) is 5.98. The highest BCUT2D eigenvalue weighted by Gasteiger charge is 2.20. The minimum Gasteiger partial charge on any atom is -0.481 e. The maximum Gasteiger partial charge on any atom is 0.213 e. The zero-order valence-corrected chi connectivity index (χ0v) is 13.7. The molecular weight excluding hydrogens is 290 g/mol. The van der Waals surface area contributed by atoms with Crippen molar-refractivity contribution in [2.24, 2.45) is 5.92 Å². The summed E-state index contributed by atoms with van der Waals surface area (Å²) >= 11 is 0. The number of hydrogen-bond donors (Lipinski definition) is 2. The molecule has 122 valence electrons. The van der Waals surface area contributed by atoms with E-state index in [1.165, 1.54) is 19.3 Å². The normalized spacial score (nSPS) is 13.8. The molecule has 0 amide bonds. The third-order valence-electron chi connectivity index (χ3n) is 4.19. The largest absolute Gasteiger partial charge is 0.481 e. The molecule has 0 bridgehead atoms. The van der Waals surface area contributed by atoms with E-state index in [-0.39, 0.29) is 0 Å². The first-order valence-electron chi connectivity index (χ1n) is 8.05. The summed E-state index contributed by atoms with van der Waals surface area (Å²) in [6.07, 6.45) is 6.75. The van der Waals surface area contributed by atoms with Crippen molar-refractivity contribution in [3.05, 3.63) is 24.2 Å². The standard InChI is InChI=1S/C17H23N5O/c1-11-13(7-8-14(22-11)23-2)16-15(18)17(21-10-20-16)19-9-3-4-12-5-6-12/h7-8,10,12H,3-6,9,18H2,1-2H3,(H,19,20,21). The molecular formula is C17H23N5O. The topological polar surface area (TPSA) is 86.0 Å². The molecule has 6 heteroatoms. The summed E-state index contributed by atoms with van der Waals surface area (Å²) in [6, 6.07) is 3.74. The first-order valence-corrected chi connectivity index (χ1v) is 8.05. The third-order valence-corrected chi connectivity index (χ3v) is 4.19. The van der Waals surface area contributed by atoms with Crippen LogP contribution in [0.2, 0.25) is 0 Å². The third kappa shape index (κ3) is 3.70. The van der Waals surface area contributed by atoms with Gasteiger partial charge in [-0.15, -0.1) is 0 Å². The molecule has 3 rings (SSSR count). The summed E-state index contributed by atoms with van der Waals surface area (Å²) in [5.41, 5.74) is 9.26. The van der Waals surface area contributed by atoms with Gasteiger partial charge in [-0.25, -0.2) is 15.0 Å². The molecule has 2 heterocycles. The second kappa shape index (κ2) is 6.81. The molecule has 2 aromatic heterocycles. The molecule has 1 fully saturated rings. The summed E-state index contributed by atoms with van der Waals surface area (Å²) in [5.74, 6) is 2.22. The van der Waals surface area contributed by atoms with E-state index in [4.69, 9.17) is 10.5 Å². The minimum absolute atomic E-state index is 0.564. The van der Waals surface area contributed by atoms with Gasteiger partial charge in [-0.3, -0.25) is 0 Å². The number of aryl methyl sites for hydroxylation is 1. The maximum absolute atomic E-state index is 6.26. The molecule has 2 aromatic rings. The highest BCUT2D eigenvalue weighted by atomic mass is 16.5. The Kier molecular flexibility index (Phi) is 4.60. The van der Waals surface area contributed by atoms with E-state index in [2.05, 4.69) is 20.3 Å². The van der Waals surface area contributed by atoms with Gasteiger partial charge in [-0.1, -0.05) is 12.8 Å². The van der Waals surface area contributed by atoms with Crippen LogP contribution in [0.25, 0.3) is 11.3 Å². The van der Waals surface area contributed by atoms with E-state index >= 15 is 0 Å². The number of methoxy groups -OCH3 is 1. The van der Waals surface area contributed by atoms with Gasteiger partial charge in [0.25, 0.3) is 0 Å². The van der Waals surface area contributed by atoms with Crippen molar-refractivity contribution in [3.8, 4) is 17.1 Å². The summed E-state index contributed by atoms with van der Waals surface area (Å²) in [6.45, 7) is 2.80. The lowest BCUT2D eigenvalue weighted by atomic mass is 10.1. The van der Waals surface area contributed by atoms with Crippen LogP contribution in [0.5, 0.6) is 5.88 Å². The van der Waals surface area contributed by atoms with Crippen LogP contribution in [0, 0.1) is 12.8 Å². The van der Waals surface area contributed by atoms with Crippen molar-refractivity contribution in [3.63, 3.8) is 0 Å². The number of anilines is 2. The van der Waals surface area contributed by atoms with Gasteiger partial charge in [0.05, 0.1) is 12.8 Å². The van der Waals surface area contributed by atoms with Gasteiger partial charge in [0.15, 0.2) is 5.82 Å². The molecule has 0 atom stereocenters. The fraction of sp³-hybridized carbons (Fsp3) is 0.471. The predicted molar refractivity (Wildman–Crippen MR) is 91.4 cm³/mol. The van der Waals surface area contributed by atoms with Crippen LogP contribution < -0.4 is 15.8 Å². The van der Waals surface area contributed by atoms with Crippen molar-refractivity contribution < 1.29 is 4.74 Å². The zero-order valence-electron chi connectivity index (χ0n) is 13.7. The number of hydrogen-bond acceptors (Lipinski definition) is 6. The fourth-order valence-corrected chi connectivity index (χ4v) is 2.66. The molecule has 6 nitrogen and oxygen atoms in total. The summed E-state index contributed by atoms with van der Waals surface area (Å²) in [5, 5.41) is 3.33. The van der Waals surface area contributed by atoms with Crippen LogP contribution >= 0.6 is 0 Å². The van der Waals surface area contributed by atoms with Gasteiger partial charge in [-0.05, 0) is 31.7 Å². The number of nitrogens with zero attached hydrogens (tertiary/aromatic N) is 3. The lowest BCUT2D eigenvalue weighted by molar-refractivity contribution is 0.397. The van der Waals surface area contributed by atoms with E-state index in [9.17, 15) is 0 Å². The van der Waals surface area contributed by atoms with Crippen molar-refractivity contribution >= 4 is 11.5 Å². The highest BCUT2D eigenvalue weighted by molar-refractivity contribution is 5.81. The quantitative estimate of drug-likeness (QED) is 0.764. The Bertz CT molecular complexity index is 685. The first kappa shape index (κ1) is 15.5. The van der Waals surface area contributed by atoms with Gasteiger partial charge in [0, 0.05) is 18.2 Å². The Morgan fingerprint density at radius 1 is 1.30 bits per heavy atom. The molecule has 0 unspecified atom stereocenters. The van der Waals surface area contributed by atoms with Crippen molar-refractivity contribution in [1.82, 2.24) is 15.0 Å². The second-order valence-electron chi connectivity index (χ2n) is 5.98. The molecule has 23 heavy (non-hydrogen) atoms. The number of nitrogen functional groups attached to an aromatic ring is 1. The maximum atomic E-state index is 6.26. The van der Waals surface area contributed by atoms with Gasteiger partial charge < -0.3 is 15.8 Å². The van der Waals surface area contributed by atoms with Crippen LogP contribution in [-0.4, -0.2) is 28.6 Å². The van der Waals surface area contributed by atoms with Crippen molar-refractivity contribution in [1.29, 1.82) is 0 Å².